The topological polar surface area (TPSA) is 104 Å². The second-order valence-corrected chi connectivity index (χ2v) is 9.93. The van der Waals surface area contributed by atoms with Gasteiger partial charge in [-0.2, -0.15) is 16.1 Å². The minimum Gasteiger partial charge on any atom is -0.366 e. The van der Waals surface area contributed by atoms with E-state index in [9.17, 15) is 21.6 Å². The van der Waals surface area contributed by atoms with Crippen LogP contribution in [0.4, 0.5) is 0 Å². The summed E-state index contributed by atoms with van der Waals surface area (Å²) in [7, 11) is -7.70. The summed E-state index contributed by atoms with van der Waals surface area (Å²) in [6.45, 7) is 1.56. The summed E-state index contributed by atoms with van der Waals surface area (Å²) < 4.78 is 50.4. The van der Waals surface area contributed by atoms with Crippen molar-refractivity contribution in [3.05, 3.63) is 28.7 Å². The lowest BCUT2D eigenvalue weighted by molar-refractivity contribution is 0.403. The Labute approximate surface area is 127 Å². The van der Waals surface area contributed by atoms with E-state index in [1.54, 1.807) is 0 Å². The monoisotopic (exact) mass is 352 g/mol. The first kappa shape index (κ1) is 16.5. The van der Waals surface area contributed by atoms with Crippen LogP contribution in [0, 0.1) is 0 Å². The molecule has 0 aromatic carbocycles. The fourth-order valence-corrected chi connectivity index (χ4v) is 7.34. The van der Waals surface area contributed by atoms with Gasteiger partial charge in [0.15, 0.2) is 9.84 Å². The third-order valence-corrected chi connectivity index (χ3v) is 8.58. The molecular weight excluding hydrogens is 336 g/mol. The first-order valence-corrected chi connectivity index (χ1v) is 10.6. The third kappa shape index (κ3) is 3.17. The van der Waals surface area contributed by atoms with Crippen LogP contribution in [0.5, 0.6) is 0 Å². The Morgan fingerprint density at radius 1 is 1.38 bits per heavy atom. The van der Waals surface area contributed by atoms with E-state index in [1.807, 2.05) is 0 Å². The summed E-state index contributed by atoms with van der Waals surface area (Å²) in [5, 5.41) is -1.12. The molecule has 0 radical (unpaired) electrons. The molecule has 1 fully saturated rings. The molecule has 0 amide bonds. The quantitative estimate of drug-likeness (QED) is 0.810. The lowest BCUT2D eigenvalue weighted by Gasteiger charge is -2.33. The van der Waals surface area contributed by atoms with Crippen LogP contribution >= 0.6 is 11.8 Å². The highest BCUT2D eigenvalue weighted by Gasteiger charge is 2.41. The Morgan fingerprint density at radius 3 is 2.71 bits per heavy atom. The van der Waals surface area contributed by atoms with E-state index in [1.165, 1.54) is 24.9 Å². The van der Waals surface area contributed by atoms with Gasteiger partial charge in [0.1, 0.15) is 10.3 Å². The molecule has 1 aliphatic heterocycles. The maximum Gasteiger partial charge on any atom is 0.249 e. The van der Waals surface area contributed by atoms with Gasteiger partial charge in [0.25, 0.3) is 0 Å². The number of nitrogens with zero attached hydrogens (tertiary/aromatic N) is 1. The number of thioether (sulfide) groups is 1. The van der Waals surface area contributed by atoms with E-state index in [-0.39, 0.29) is 18.1 Å². The van der Waals surface area contributed by atoms with Crippen molar-refractivity contribution in [3.63, 3.8) is 0 Å². The summed E-state index contributed by atoms with van der Waals surface area (Å²) in [4.78, 5) is 13.9. The minimum atomic E-state index is -4.14. The molecule has 1 aliphatic rings. The number of aromatic amines is 1. The summed E-state index contributed by atoms with van der Waals surface area (Å²) >= 11 is 1.39. The Kier molecular flexibility index (Phi) is 4.81. The maximum atomic E-state index is 12.6. The first-order chi connectivity index (χ1) is 9.80. The molecule has 2 heterocycles. The van der Waals surface area contributed by atoms with E-state index >= 15 is 0 Å². The number of nitrogens with one attached hydrogen (secondary N) is 1. The number of sulfone groups is 1. The molecule has 1 atom stereocenters. The lowest BCUT2D eigenvalue weighted by atomic mass is 10.5. The summed E-state index contributed by atoms with van der Waals surface area (Å²) in [6, 6.07) is 1.11. The summed E-state index contributed by atoms with van der Waals surface area (Å²) in [5.74, 6) is 0.537. The third-order valence-electron chi connectivity index (χ3n) is 3.23. The smallest absolute Gasteiger partial charge is 0.249 e. The van der Waals surface area contributed by atoms with Crippen molar-refractivity contribution in [1.29, 1.82) is 0 Å². The number of pyridine rings is 1. The average Bonchev–Trinajstić information content (AvgIpc) is 2.47. The van der Waals surface area contributed by atoms with Crippen LogP contribution in [0.1, 0.15) is 6.92 Å². The highest BCUT2D eigenvalue weighted by atomic mass is 32.2. The fourth-order valence-electron chi connectivity index (χ4n) is 2.04. The van der Waals surface area contributed by atoms with Gasteiger partial charge in [-0.25, -0.2) is 16.8 Å². The van der Waals surface area contributed by atoms with Crippen molar-refractivity contribution in [2.24, 2.45) is 0 Å². The molecule has 0 aliphatic carbocycles. The van der Waals surface area contributed by atoms with E-state index in [4.69, 9.17) is 0 Å². The largest absolute Gasteiger partial charge is 0.366 e. The number of rotatable bonds is 4. The molecule has 1 aromatic rings. The van der Waals surface area contributed by atoms with Crippen molar-refractivity contribution < 1.29 is 16.8 Å². The lowest BCUT2D eigenvalue weighted by Crippen LogP contribution is -2.51. The second-order valence-electron chi connectivity index (χ2n) is 4.47. The van der Waals surface area contributed by atoms with E-state index < -0.39 is 35.6 Å². The summed E-state index contributed by atoms with van der Waals surface area (Å²) in [6.07, 6.45) is 2.42. The van der Waals surface area contributed by atoms with Gasteiger partial charge in [-0.05, 0) is 0 Å². The Balaban J connectivity index is 2.52. The molecule has 0 saturated carbocycles. The molecule has 0 spiro atoms. The molecular formula is C11H16N2O5S3. The Morgan fingerprint density at radius 2 is 2.10 bits per heavy atom. The number of hydrogen-bond donors (Lipinski definition) is 1. The van der Waals surface area contributed by atoms with Gasteiger partial charge in [-0.3, -0.25) is 4.79 Å². The summed E-state index contributed by atoms with van der Waals surface area (Å²) in [5.41, 5.74) is -0.653. The average molecular weight is 352 g/mol. The van der Waals surface area contributed by atoms with Crippen molar-refractivity contribution in [2.75, 3.05) is 23.8 Å². The SMILES string of the molecule is CCS(=O)(=O)C1CSCCN1S(=O)(=O)c1c[nH]ccc1=O. The van der Waals surface area contributed by atoms with Crippen molar-refractivity contribution in [3.8, 4) is 0 Å². The van der Waals surface area contributed by atoms with E-state index in [2.05, 4.69) is 4.98 Å². The van der Waals surface area contributed by atoms with Crippen molar-refractivity contribution in [2.45, 2.75) is 17.2 Å². The van der Waals surface area contributed by atoms with Gasteiger partial charge in [-0.1, -0.05) is 6.92 Å². The highest BCUT2D eigenvalue weighted by molar-refractivity contribution is 8.01. The van der Waals surface area contributed by atoms with E-state index in [0.29, 0.717) is 5.75 Å². The van der Waals surface area contributed by atoms with Crippen LogP contribution in [-0.4, -0.2) is 55.3 Å². The van der Waals surface area contributed by atoms with Crippen LogP contribution in [0.2, 0.25) is 0 Å². The molecule has 7 nitrogen and oxygen atoms in total. The van der Waals surface area contributed by atoms with Gasteiger partial charge in [0.2, 0.25) is 15.5 Å². The zero-order valence-electron chi connectivity index (χ0n) is 11.4. The molecule has 10 heteroatoms. The number of hydrogen-bond acceptors (Lipinski definition) is 6. The molecule has 1 aromatic heterocycles. The Bertz CT molecular complexity index is 769. The molecule has 1 N–H and O–H groups in total. The van der Waals surface area contributed by atoms with Gasteiger partial charge in [0.05, 0.1) is 0 Å². The van der Waals surface area contributed by atoms with Gasteiger partial charge in [0, 0.05) is 42.3 Å². The highest BCUT2D eigenvalue weighted by Crippen LogP contribution is 2.26. The van der Waals surface area contributed by atoms with Gasteiger partial charge >= 0.3 is 0 Å². The normalized spacial score (nSPS) is 21.3. The van der Waals surface area contributed by atoms with Crippen molar-refractivity contribution in [1.82, 2.24) is 9.29 Å². The molecule has 118 valence electrons. The van der Waals surface area contributed by atoms with Crippen LogP contribution < -0.4 is 5.43 Å². The fraction of sp³-hybridized carbons (Fsp3) is 0.545. The van der Waals surface area contributed by atoms with Crippen LogP contribution in [0.25, 0.3) is 0 Å². The van der Waals surface area contributed by atoms with Crippen molar-refractivity contribution >= 4 is 31.6 Å². The zero-order chi connectivity index (χ0) is 15.7. The first-order valence-electron chi connectivity index (χ1n) is 6.29. The molecule has 1 unspecified atom stereocenters. The number of aromatic nitrogens is 1. The van der Waals surface area contributed by atoms with E-state index in [0.717, 1.165) is 16.6 Å². The predicted molar refractivity (Wildman–Crippen MR) is 81.5 cm³/mol. The predicted octanol–water partition coefficient (Wildman–Crippen LogP) is -0.127. The maximum absolute atomic E-state index is 12.6. The molecule has 1 saturated heterocycles. The zero-order valence-corrected chi connectivity index (χ0v) is 13.8. The Hall–Kier alpha value is -0.840. The molecule has 0 bridgehead atoms. The minimum absolute atomic E-state index is 0.0746. The van der Waals surface area contributed by atoms with Gasteiger partial charge in [-0.15, -0.1) is 0 Å². The molecule has 2 rings (SSSR count). The van der Waals surface area contributed by atoms with Crippen LogP contribution in [0.3, 0.4) is 0 Å². The standard InChI is InChI=1S/C11H16N2O5S3/c1-2-20(15,16)11-8-19-6-5-13(11)21(17,18)10-7-12-4-3-9(10)14/h3-4,7,11H,2,5-6,8H2,1H3,(H,12,14). The number of H-pyrrole nitrogens is 1. The van der Waals surface area contributed by atoms with Crippen LogP contribution in [-0.2, 0) is 19.9 Å². The van der Waals surface area contributed by atoms with Gasteiger partial charge < -0.3 is 4.98 Å². The van der Waals surface area contributed by atoms with Crippen LogP contribution in [0.15, 0.2) is 28.2 Å². The second kappa shape index (κ2) is 6.11. The number of sulfonamides is 1. The molecule has 21 heavy (non-hydrogen) atoms.